The largest absolute Gasteiger partial charge is 0.467 e. The maximum Gasteiger partial charge on any atom is 0.257 e. The van der Waals surface area contributed by atoms with E-state index in [1.807, 2.05) is 41.8 Å². The van der Waals surface area contributed by atoms with Crippen molar-refractivity contribution < 1.29 is 13.6 Å². The molecule has 3 aromatic rings. The van der Waals surface area contributed by atoms with Crippen LogP contribution in [-0.4, -0.2) is 59.2 Å². The number of thiophene rings is 1. The highest BCUT2D eigenvalue weighted by molar-refractivity contribution is 7.12. The summed E-state index contributed by atoms with van der Waals surface area (Å²) >= 11 is 1.64. The summed E-state index contributed by atoms with van der Waals surface area (Å²) in [5, 5.41) is 8.36. The molecule has 2 aromatic heterocycles. The average molecular weight is 467 g/mol. The van der Waals surface area contributed by atoms with Gasteiger partial charge in [0.1, 0.15) is 17.6 Å². The Labute approximate surface area is 196 Å². The van der Waals surface area contributed by atoms with Crippen LogP contribution in [0.5, 0.6) is 0 Å². The zero-order valence-corrected chi connectivity index (χ0v) is 19.2. The third-order valence-corrected chi connectivity index (χ3v) is 7.12. The van der Waals surface area contributed by atoms with Crippen LogP contribution in [0.2, 0.25) is 0 Å². The van der Waals surface area contributed by atoms with Gasteiger partial charge < -0.3 is 4.42 Å². The lowest BCUT2D eigenvalue weighted by Crippen LogP contribution is -2.40. The zero-order valence-electron chi connectivity index (χ0n) is 18.4. The molecule has 2 aliphatic heterocycles. The van der Waals surface area contributed by atoms with E-state index in [1.165, 1.54) is 12.1 Å². The number of benzene rings is 1. The van der Waals surface area contributed by atoms with Crippen molar-refractivity contribution in [2.24, 2.45) is 5.10 Å². The highest BCUT2D eigenvalue weighted by Gasteiger charge is 2.35. The minimum Gasteiger partial charge on any atom is -0.467 e. The van der Waals surface area contributed by atoms with Gasteiger partial charge in [-0.2, -0.15) is 5.10 Å². The Balaban J connectivity index is 1.22. The van der Waals surface area contributed by atoms with E-state index in [0.717, 1.165) is 61.1 Å². The van der Waals surface area contributed by atoms with Gasteiger partial charge in [0.05, 0.1) is 23.4 Å². The fraction of sp³-hybridized carbons (Fsp3) is 0.360. The smallest absolute Gasteiger partial charge is 0.257 e. The second-order valence-corrected chi connectivity index (χ2v) is 9.48. The quantitative estimate of drug-likeness (QED) is 0.542. The third kappa shape index (κ3) is 5.24. The van der Waals surface area contributed by atoms with E-state index in [2.05, 4.69) is 9.80 Å². The first-order valence-corrected chi connectivity index (χ1v) is 12.2. The van der Waals surface area contributed by atoms with Crippen molar-refractivity contribution in [3.8, 4) is 0 Å². The van der Waals surface area contributed by atoms with Gasteiger partial charge in [-0.3, -0.25) is 14.6 Å². The van der Waals surface area contributed by atoms with Crippen molar-refractivity contribution in [1.82, 2.24) is 14.8 Å². The van der Waals surface area contributed by atoms with Crippen molar-refractivity contribution in [3.63, 3.8) is 0 Å². The highest BCUT2D eigenvalue weighted by atomic mass is 32.1. The molecule has 0 unspecified atom stereocenters. The van der Waals surface area contributed by atoms with Gasteiger partial charge >= 0.3 is 0 Å². The van der Waals surface area contributed by atoms with Crippen LogP contribution >= 0.6 is 11.3 Å². The van der Waals surface area contributed by atoms with Gasteiger partial charge in [0, 0.05) is 26.1 Å². The molecule has 4 heterocycles. The molecule has 0 aliphatic carbocycles. The molecule has 0 saturated carbocycles. The topological polar surface area (TPSA) is 52.3 Å². The molecule has 8 heteroatoms. The number of nitrogens with zero attached hydrogens (tertiary/aromatic N) is 4. The van der Waals surface area contributed by atoms with Crippen molar-refractivity contribution in [1.29, 1.82) is 0 Å². The SMILES string of the molecule is O=C(CN1CCCN(Cc2ccc(F)cc2)CC1)N1N=C(c2cccs2)C[C@@H]1c1ccco1. The second kappa shape index (κ2) is 9.99. The molecule has 0 spiro atoms. The van der Waals surface area contributed by atoms with Gasteiger partial charge in [-0.15, -0.1) is 11.3 Å². The highest BCUT2D eigenvalue weighted by Crippen LogP contribution is 2.34. The number of halogens is 1. The van der Waals surface area contributed by atoms with E-state index in [0.29, 0.717) is 13.0 Å². The first kappa shape index (κ1) is 22.0. The summed E-state index contributed by atoms with van der Waals surface area (Å²) in [6, 6.07) is 14.3. The average Bonchev–Trinajstić information content (AvgIpc) is 3.57. The maximum atomic E-state index is 13.3. The van der Waals surface area contributed by atoms with Gasteiger partial charge in [-0.1, -0.05) is 18.2 Å². The van der Waals surface area contributed by atoms with Crippen LogP contribution < -0.4 is 0 Å². The predicted octanol–water partition coefficient (Wildman–Crippen LogP) is 4.37. The molecular formula is C25H27FN4O2S. The van der Waals surface area contributed by atoms with E-state index in [1.54, 1.807) is 22.6 Å². The minimum absolute atomic E-state index is 0.00468. The van der Waals surface area contributed by atoms with Gasteiger partial charge in [-0.25, -0.2) is 9.40 Å². The molecule has 0 radical (unpaired) electrons. The summed E-state index contributed by atoms with van der Waals surface area (Å²) in [7, 11) is 0. The standard InChI is InChI=1S/C25H27FN4O2S/c26-20-8-6-19(7-9-20)17-28-10-3-11-29(13-12-28)18-25(31)30-22(23-4-1-14-32-23)16-21(27-30)24-5-2-15-33-24/h1-2,4-9,14-15,22H,3,10-13,16-18H2/t22-/m1/s1. The lowest BCUT2D eigenvalue weighted by atomic mass is 10.1. The number of carbonyl (C=O) groups is 1. The van der Waals surface area contributed by atoms with Gasteiger partial charge in [0.2, 0.25) is 0 Å². The Morgan fingerprint density at radius 3 is 2.64 bits per heavy atom. The lowest BCUT2D eigenvalue weighted by Gasteiger charge is -2.25. The first-order valence-electron chi connectivity index (χ1n) is 11.3. The normalized spacial score (nSPS) is 20.1. The van der Waals surface area contributed by atoms with Crippen LogP contribution in [0.3, 0.4) is 0 Å². The van der Waals surface area contributed by atoms with Crippen LogP contribution in [0.25, 0.3) is 0 Å². The molecule has 1 aromatic carbocycles. The summed E-state index contributed by atoms with van der Waals surface area (Å²) in [4.78, 5) is 19.0. The molecule has 0 N–H and O–H groups in total. The van der Waals surface area contributed by atoms with E-state index in [9.17, 15) is 9.18 Å². The zero-order chi connectivity index (χ0) is 22.6. The van der Waals surface area contributed by atoms with E-state index >= 15 is 0 Å². The van der Waals surface area contributed by atoms with Crippen LogP contribution in [0.15, 0.2) is 69.7 Å². The summed E-state index contributed by atoms with van der Waals surface area (Å²) in [5.74, 6) is 0.550. The predicted molar refractivity (Wildman–Crippen MR) is 127 cm³/mol. The molecule has 2 aliphatic rings. The maximum absolute atomic E-state index is 13.3. The number of carbonyl (C=O) groups excluding carboxylic acids is 1. The fourth-order valence-corrected chi connectivity index (χ4v) is 5.21. The number of amides is 1. The van der Waals surface area contributed by atoms with Crippen molar-refractivity contribution in [3.05, 3.63) is 82.2 Å². The molecule has 1 fully saturated rings. The molecule has 5 rings (SSSR count). The molecule has 1 saturated heterocycles. The minimum atomic E-state index is -0.209. The van der Waals surface area contributed by atoms with Crippen LogP contribution in [0, 0.1) is 5.82 Å². The second-order valence-electron chi connectivity index (χ2n) is 8.53. The Morgan fingerprint density at radius 1 is 1.06 bits per heavy atom. The van der Waals surface area contributed by atoms with Gasteiger partial charge in [0.25, 0.3) is 5.91 Å². The van der Waals surface area contributed by atoms with Crippen LogP contribution in [0.4, 0.5) is 4.39 Å². The monoisotopic (exact) mass is 466 g/mol. The van der Waals surface area contributed by atoms with Crippen molar-refractivity contribution in [2.45, 2.75) is 25.4 Å². The molecule has 1 atom stereocenters. The lowest BCUT2D eigenvalue weighted by molar-refractivity contribution is -0.134. The van der Waals surface area contributed by atoms with Gasteiger partial charge in [-0.05, 0) is 60.8 Å². The van der Waals surface area contributed by atoms with Crippen LogP contribution in [-0.2, 0) is 11.3 Å². The van der Waals surface area contributed by atoms with Crippen molar-refractivity contribution in [2.75, 3.05) is 32.7 Å². The summed E-state index contributed by atoms with van der Waals surface area (Å²) in [6.07, 6.45) is 3.29. The first-order chi connectivity index (χ1) is 16.2. The Morgan fingerprint density at radius 2 is 1.88 bits per heavy atom. The number of hydrazone groups is 1. The number of hydrogen-bond acceptors (Lipinski definition) is 6. The Bertz CT molecular complexity index is 1080. The summed E-state index contributed by atoms with van der Waals surface area (Å²) in [5.41, 5.74) is 2.04. The van der Waals surface area contributed by atoms with E-state index in [4.69, 9.17) is 9.52 Å². The third-order valence-electron chi connectivity index (χ3n) is 6.20. The number of rotatable bonds is 6. The van der Waals surface area contributed by atoms with Crippen LogP contribution in [0.1, 0.15) is 35.1 Å². The molecule has 172 valence electrons. The molecule has 6 nitrogen and oxygen atoms in total. The van der Waals surface area contributed by atoms with Gasteiger partial charge in [0.15, 0.2) is 0 Å². The van der Waals surface area contributed by atoms with E-state index < -0.39 is 0 Å². The molecule has 1 amide bonds. The van der Waals surface area contributed by atoms with Crippen molar-refractivity contribution >= 4 is 23.0 Å². The summed E-state index contributed by atoms with van der Waals surface area (Å²) in [6.45, 7) is 4.64. The molecule has 33 heavy (non-hydrogen) atoms. The number of hydrogen-bond donors (Lipinski definition) is 0. The molecule has 0 bridgehead atoms. The number of furan rings is 1. The van der Waals surface area contributed by atoms with E-state index in [-0.39, 0.29) is 17.8 Å². The fourth-order valence-electron chi connectivity index (χ4n) is 4.49. The summed E-state index contributed by atoms with van der Waals surface area (Å²) < 4.78 is 18.8. The Hall–Kier alpha value is -2.81. The Kier molecular flexibility index (Phi) is 6.66. The molecular weight excluding hydrogens is 439 g/mol.